The molecule has 3 heteroatoms. The van der Waals surface area contributed by atoms with Crippen molar-refractivity contribution in [3.8, 4) is 5.75 Å². The van der Waals surface area contributed by atoms with Gasteiger partial charge in [0.05, 0.1) is 12.2 Å². The molecule has 108 valence electrons. The predicted molar refractivity (Wildman–Crippen MR) is 77.2 cm³/mol. The topological polar surface area (TPSA) is 35.5 Å². The van der Waals surface area contributed by atoms with E-state index >= 15 is 0 Å². The minimum Gasteiger partial charge on any atom is -0.490 e. The molecule has 0 bridgehead atoms. The molecule has 1 aromatic carbocycles. The van der Waals surface area contributed by atoms with Crippen LogP contribution >= 0.6 is 0 Å². The van der Waals surface area contributed by atoms with Gasteiger partial charge in [-0.2, -0.15) is 0 Å². The summed E-state index contributed by atoms with van der Waals surface area (Å²) >= 11 is 0. The first-order chi connectivity index (χ1) is 9.74. The third-order valence-corrected chi connectivity index (χ3v) is 4.05. The van der Waals surface area contributed by atoms with Crippen molar-refractivity contribution in [3.63, 3.8) is 0 Å². The van der Waals surface area contributed by atoms with Crippen LogP contribution in [0, 0.1) is 5.92 Å². The summed E-state index contributed by atoms with van der Waals surface area (Å²) in [6, 6.07) is 7.62. The molecule has 2 aliphatic carbocycles. The summed E-state index contributed by atoms with van der Waals surface area (Å²) in [6.07, 6.45) is 5.71. The Bertz CT molecular complexity index is 473. The fourth-order valence-electron chi connectivity index (χ4n) is 2.71. The Kier molecular flexibility index (Phi) is 4.06. The summed E-state index contributed by atoms with van der Waals surface area (Å²) in [6.45, 7) is 2.79. The van der Waals surface area contributed by atoms with Gasteiger partial charge in [0.1, 0.15) is 5.75 Å². The van der Waals surface area contributed by atoms with E-state index in [1.165, 1.54) is 0 Å². The smallest absolute Gasteiger partial charge is 0.163 e. The van der Waals surface area contributed by atoms with Crippen molar-refractivity contribution in [2.24, 2.45) is 5.92 Å². The van der Waals surface area contributed by atoms with Gasteiger partial charge >= 0.3 is 0 Å². The summed E-state index contributed by atoms with van der Waals surface area (Å²) in [5.41, 5.74) is 0.781. The van der Waals surface area contributed by atoms with Crippen LogP contribution in [-0.2, 0) is 4.74 Å². The highest BCUT2D eigenvalue weighted by molar-refractivity contribution is 5.96. The molecule has 0 unspecified atom stereocenters. The highest BCUT2D eigenvalue weighted by Crippen LogP contribution is 2.34. The number of ketones is 1. The van der Waals surface area contributed by atoms with Gasteiger partial charge in [-0.3, -0.25) is 4.79 Å². The fraction of sp³-hybridized carbons (Fsp3) is 0.588. The second-order valence-corrected chi connectivity index (χ2v) is 5.89. The Balaban J connectivity index is 1.52. The van der Waals surface area contributed by atoms with Crippen LogP contribution in [0.3, 0.4) is 0 Å². The largest absolute Gasteiger partial charge is 0.490 e. The summed E-state index contributed by atoms with van der Waals surface area (Å²) < 4.78 is 11.3. The number of carbonyl (C=O) groups is 1. The monoisotopic (exact) mass is 274 g/mol. The van der Waals surface area contributed by atoms with Gasteiger partial charge in [-0.15, -0.1) is 0 Å². The lowest BCUT2D eigenvalue weighted by molar-refractivity contribution is -0.0246. The van der Waals surface area contributed by atoms with E-state index in [2.05, 4.69) is 0 Å². The average Bonchev–Trinajstić information content (AvgIpc) is 3.20. The summed E-state index contributed by atoms with van der Waals surface area (Å²) in [4.78, 5) is 12.3. The molecule has 0 aromatic heterocycles. The van der Waals surface area contributed by atoms with Crippen molar-refractivity contribution >= 4 is 5.78 Å². The lowest BCUT2D eigenvalue weighted by Gasteiger charge is -2.34. The fourth-order valence-corrected chi connectivity index (χ4v) is 2.71. The van der Waals surface area contributed by atoms with Crippen molar-refractivity contribution in [2.75, 3.05) is 6.61 Å². The van der Waals surface area contributed by atoms with Crippen LogP contribution in [-0.4, -0.2) is 24.6 Å². The second kappa shape index (κ2) is 5.96. The number of benzene rings is 1. The molecule has 3 rings (SSSR count). The molecule has 0 N–H and O–H groups in total. The molecule has 0 spiro atoms. The number of hydrogen-bond acceptors (Lipinski definition) is 3. The van der Waals surface area contributed by atoms with Gasteiger partial charge in [0.25, 0.3) is 0 Å². The van der Waals surface area contributed by atoms with Gasteiger partial charge in [0.15, 0.2) is 5.78 Å². The Hall–Kier alpha value is -1.35. The molecule has 0 heterocycles. The van der Waals surface area contributed by atoms with E-state index in [9.17, 15) is 4.79 Å². The molecular weight excluding hydrogens is 252 g/mol. The normalized spacial score (nSPS) is 25.1. The number of Topliss-reactive ketones (excluding diaryl/α,β-unsaturated/α-hetero) is 1. The summed E-state index contributed by atoms with van der Waals surface area (Å²) in [5.74, 6) is 1.55. The Morgan fingerprint density at radius 3 is 2.75 bits per heavy atom. The number of rotatable bonds is 7. The van der Waals surface area contributed by atoms with Crippen molar-refractivity contribution in [2.45, 2.75) is 51.2 Å². The Morgan fingerprint density at radius 2 is 2.05 bits per heavy atom. The van der Waals surface area contributed by atoms with Crippen molar-refractivity contribution < 1.29 is 14.3 Å². The van der Waals surface area contributed by atoms with Gasteiger partial charge in [-0.25, -0.2) is 0 Å². The molecule has 2 aliphatic rings. The van der Waals surface area contributed by atoms with Crippen molar-refractivity contribution in [1.82, 2.24) is 0 Å². The molecule has 20 heavy (non-hydrogen) atoms. The van der Waals surface area contributed by atoms with Gasteiger partial charge in [-0.1, -0.05) is 12.1 Å². The van der Waals surface area contributed by atoms with Crippen molar-refractivity contribution in [3.05, 3.63) is 29.8 Å². The standard InChI is InChI=1S/C17H22O3/c1-2-19-16-8-12(9-16)10-17(18)13-4-3-5-15(11-13)20-14-6-7-14/h3-5,11-12,14,16H,2,6-10H2,1H3. The van der Waals surface area contributed by atoms with E-state index in [1.54, 1.807) is 0 Å². The van der Waals surface area contributed by atoms with E-state index in [-0.39, 0.29) is 5.78 Å². The first kappa shape index (κ1) is 13.6. The maximum absolute atomic E-state index is 12.3. The molecule has 0 amide bonds. The average molecular weight is 274 g/mol. The molecule has 0 saturated heterocycles. The highest BCUT2D eigenvalue weighted by atomic mass is 16.5. The van der Waals surface area contributed by atoms with Gasteiger partial charge in [0, 0.05) is 18.6 Å². The lowest BCUT2D eigenvalue weighted by atomic mass is 9.78. The molecule has 2 fully saturated rings. The van der Waals surface area contributed by atoms with Crippen molar-refractivity contribution in [1.29, 1.82) is 0 Å². The third kappa shape index (κ3) is 3.40. The summed E-state index contributed by atoms with van der Waals surface area (Å²) in [7, 11) is 0. The second-order valence-electron chi connectivity index (χ2n) is 5.89. The minimum absolute atomic E-state index is 0.228. The first-order valence-electron chi connectivity index (χ1n) is 7.66. The number of ether oxygens (including phenoxy) is 2. The molecule has 0 atom stereocenters. The predicted octanol–water partition coefficient (Wildman–Crippen LogP) is 3.62. The third-order valence-electron chi connectivity index (χ3n) is 4.05. The maximum Gasteiger partial charge on any atom is 0.163 e. The molecule has 0 radical (unpaired) electrons. The van der Waals surface area contributed by atoms with Crippen LogP contribution in [0.15, 0.2) is 24.3 Å². The van der Waals surface area contributed by atoms with E-state index in [0.717, 1.165) is 43.6 Å². The zero-order valence-corrected chi connectivity index (χ0v) is 12.0. The van der Waals surface area contributed by atoms with Gasteiger partial charge in [-0.05, 0) is 50.7 Å². The Labute approximate surface area is 120 Å². The van der Waals surface area contributed by atoms with Gasteiger partial charge < -0.3 is 9.47 Å². The van der Waals surface area contributed by atoms with Crippen LogP contribution < -0.4 is 4.74 Å². The van der Waals surface area contributed by atoms with E-state index in [0.29, 0.717) is 24.5 Å². The molecule has 3 nitrogen and oxygen atoms in total. The van der Waals surface area contributed by atoms with Gasteiger partial charge in [0.2, 0.25) is 0 Å². The van der Waals surface area contributed by atoms with E-state index in [1.807, 2.05) is 31.2 Å². The maximum atomic E-state index is 12.3. The van der Waals surface area contributed by atoms with Crippen LogP contribution in [0.1, 0.15) is 49.4 Å². The number of hydrogen-bond donors (Lipinski definition) is 0. The van der Waals surface area contributed by atoms with Crippen LogP contribution in [0.25, 0.3) is 0 Å². The van der Waals surface area contributed by atoms with E-state index < -0.39 is 0 Å². The van der Waals surface area contributed by atoms with Crippen LogP contribution in [0.4, 0.5) is 0 Å². The molecule has 0 aliphatic heterocycles. The summed E-state index contributed by atoms with van der Waals surface area (Å²) in [5, 5.41) is 0. The first-order valence-corrected chi connectivity index (χ1v) is 7.66. The molecule has 2 saturated carbocycles. The highest BCUT2D eigenvalue weighted by Gasteiger charge is 2.31. The SMILES string of the molecule is CCOC1CC(CC(=O)c2cccc(OC3CC3)c2)C1. The van der Waals surface area contributed by atoms with Crippen LogP contribution in [0.2, 0.25) is 0 Å². The lowest BCUT2D eigenvalue weighted by Crippen LogP contribution is -2.32. The van der Waals surface area contributed by atoms with Crippen LogP contribution in [0.5, 0.6) is 5.75 Å². The van der Waals surface area contributed by atoms with E-state index in [4.69, 9.17) is 9.47 Å². The Morgan fingerprint density at radius 1 is 1.25 bits per heavy atom. The molecule has 1 aromatic rings. The molecular formula is C17H22O3. The zero-order chi connectivity index (χ0) is 13.9. The quantitative estimate of drug-likeness (QED) is 0.712. The zero-order valence-electron chi connectivity index (χ0n) is 12.0. The minimum atomic E-state index is 0.228. The number of carbonyl (C=O) groups excluding carboxylic acids is 1.